The summed E-state index contributed by atoms with van der Waals surface area (Å²) in [5.74, 6) is 0.000535. The van der Waals surface area contributed by atoms with Gasteiger partial charge in [0, 0.05) is 18.7 Å². The second-order valence-corrected chi connectivity index (χ2v) is 4.58. The van der Waals surface area contributed by atoms with Gasteiger partial charge in [0.25, 0.3) is 0 Å². The van der Waals surface area contributed by atoms with Crippen molar-refractivity contribution < 1.29 is 9.90 Å². The number of rotatable bonds is 5. The molecule has 0 aliphatic rings. The smallest absolute Gasteiger partial charge is 0.224 e. The second-order valence-electron chi connectivity index (χ2n) is 4.18. The molecule has 1 atom stereocenters. The molecule has 5 heteroatoms. The van der Waals surface area contributed by atoms with Crippen LogP contribution in [0.1, 0.15) is 25.3 Å². The largest absolute Gasteiger partial charge is 0.396 e. The van der Waals surface area contributed by atoms with Gasteiger partial charge in [-0.25, -0.2) is 0 Å². The van der Waals surface area contributed by atoms with Crippen LogP contribution < -0.4 is 5.32 Å². The fraction of sp³-hybridized carbons (Fsp3) is 0.385. The summed E-state index contributed by atoms with van der Waals surface area (Å²) < 4.78 is 0. The molecule has 0 aliphatic carbocycles. The van der Waals surface area contributed by atoms with Crippen molar-refractivity contribution in [3.05, 3.63) is 28.8 Å². The molecule has 0 radical (unpaired) electrons. The third kappa shape index (κ3) is 4.36. The van der Waals surface area contributed by atoms with Gasteiger partial charge in [-0.3, -0.25) is 4.79 Å². The van der Waals surface area contributed by atoms with E-state index in [-0.39, 0.29) is 18.4 Å². The second kappa shape index (κ2) is 7.00. The molecule has 96 valence electrons. The minimum Gasteiger partial charge on any atom is -0.396 e. The summed E-state index contributed by atoms with van der Waals surface area (Å²) in [5, 5.41) is 20.5. The number of nitrogens with zero attached hydrogens (tertiary/aromatic N) is 1. The predicted molar refractivity (Wildman–Crippen MR) is 70.3 cm³/mol. The van der Waals surface area contributed by atoms with Gasteiger partial charge in [0.05, 0.1) is 10.6 Å². The summed E-state index contributed by atoms with van der Waals surface area (Å²) in [6.07, 6.45) is 0.944. The first-order valence-electron chi connectivity index (χ1n) is 5.67. The Morgan fingerprint density at radius 2 is 2.33 bits per heavy atom. The minimum atomic E-state index is -0.128. The molecule has 1 amide bonds. The standard InChI is InChI=1S/C13H15ClN2O2/c1-9(4-5-17)6-13(18)16-11-3-2-10(8-15)12(14)7-11/h2-3,7,9,17H,4-6H2,1H3,(H,16,18). The Labute approximate surface area is 111 Å². The van der Waals surface area contributed by atoms with Gasteiger partial charge < -0.3 is 10.4 Å². The summed E-state index contributed by atoms with van der Waals surface area (Å²) in [6, 6.07) is 6.71. The average molecular weight is 267 g/mol. The van der Waals surface area contributed by atoms with Crippen LogP contribution in [0.15, 0.2) is 18.2 Å². The molecule has 0 saturated carbocycles. The summed E-state index contributed by atoms with van der Waals surface area (Å²) in [7, 11) is 0. The highest BCUT2D eigenvalue weighted by Crippen LogP contribution is 2.20. The van der Waals surface area contributed by atoms with Crippen molar-refractivity contribution in [1.29, 1.82) is 5.26 Å². The van der Waals surface area contributed by atoms with E-state index in [1.807, 2.05) is 13.0 Å². The van der Waals surface area contributed by atoms with Gasteiger partial charge in [-0.2, -0.15) is 5.26 Å². The number of carbonyl (C=O) groups excluding carboxylic acids is 1. The molecular weight excluding hydrogens is 252 g/mol. The fourth-order valence-corrected chi connectivity index (χ4v) is 1.76. The zero-order valence-electron chi connectivity index (χ0n) is 10.1. The molecule has 1 unspecified atom stereocenters. The SMILES string of the molecule is CC(CCO)CC(=O)Nc1ccc(C#N)c(Cl)c1. The maximum Gasteiger partial charge on any atom is 0.224 e. The van der Waals surface area contributed by atoms with E-state index in [0.29, 0.717) is 29.1 Å². The number of carbonyl (C=O) groups is 1. The highest BCUT2D eigenvalue weighted by atomic mass is 35.5. The van der Waals surface area contributed by atoms with Crippen molar-refractivity contribution >= 4 is 23.2 Å². The number of hydrogen-bond acceptors (Lipinski definition) is 3. The van der Waals surface area contributed by atoms with Crippen LogP contribution in [0.2, 0.25) is 5.02 Å². The Kier molecular flexibility index (Phi) is 5.63. The molecule has 1 aromatic carbocycles. The number of anilines is 1. The zero-order chi connectivity index (χ0) is 13.5. The Morgan fingerprint density at radius 3 is 2.89 bits per heavy atom. The molecule has 4 nitrogen and oxygen atoms in total. The van der Waals surface area contributed by atoms with Crippen LogP contribution in [0.5, 0.6) is 0 Å². The first-order chi connectivity index (χ1) is 8.56. The lowest BCUT2D eigenvalue weighted by molar-refractivity contribution is -0.117. The molecule has 18 heavy (non-hydrogen) atoms. The zero-order valence-corrected chi connectivity index (χ0v) is 10.9. The Bertz CT molecular complexity index is 469. The van der Waals surface area contributed by atoms with Crippen LogP contribution in [0, 0.1) is 17.2 Å². The molecule has 0 aromatic heterocycles. The van der Waals surface area contributed by atoms with Crippen LogP contribution in [0.25, 0.3) is 0 Å². The quantitative estimate of drug-likeness (QED) is 0.860. The highest BCUT2D eigenvalue weighted by molar-refractivity contribution is 6.32. The lowest BCUT2D eigenvalue weighted by atomic mass is 10.0. The van der Waals surface area contributed by atoms with E-state index in [4.69, 9.17) is 22.0 Å². The predicted octanol–water partition coefficient (Wildman–Crippen LogP) is 2.56. The summed E-state index contributed by atoms with van der Waals surface area (Å²) in [4.78, 5) is 11.7. The molecule has 0 bridgehead atoms. The number of nitrogens with one attached hydrogen (secondary N) is 1. The van der Waals surface area contributed by atoms with Crippen LogP contribution >= 0.6 is 11.6 Å². The van der Waals surface area contributed by atoms with Crippen molar-refractivity contribution in [3.8, 4) is 6.07 Å². The third-order valence-electron chi connectivity index (χ3n) is 2.53. The molecular formula is C13H15ClN2O2. The van der Waals surface area contributed by atoms with Crippen molar-refractivity contribution in [1.82, 2.24) is 0 Å². The van der Waals surface area contributed by atoms with Gasteiger partial charge in [0.15, 0.2) is 0 Å². The Hall–Kier alpha value is -1.57. The lowest BCUT2D eigenvalue weighted by Gasteiger charge is -2.10. The van der Waals surface area contributed by atoms with E-state index in [2.05, 4.69) is 5.32 Å². The fourth-order valence-electron chi connectivity index (χ4n) is 1.53. The highest BCUT2D eigenvalue weighted by Gasteiger charge is 2.09. The Morgan fingerprint density at radius 1 is 1.61 bits per heavy atom. The van der Waals surface area contributed by atoms with E-state index in [1.54, 1.807) is 18.2 Å². The number of aliphatic hydroxyl groups is 1. The topological polar surface area (TPSA) is 73.1 Å². The van der Waals surface area contributed by atoms with Crippen LogP contribution in [-0.4, -0.2) is 17.6 Å². The number of amides is 1. The first-order valence-corrected chi connectivity index (χ1v) is 6.05. The molecule has 0 spiro atoms. The van der Waals surface area contributed by atoms with Crippen molar-refractivity contribution in [2.45, 2.75) is 19.8 Å². The van der Waals surface area contributed by atoms with Crippen molar-refractivity contribution in [2.24, 2.45) is 5.92 Å². The van der Waals surface area contributed by atoms with Gasteiger partial charge in [-0.05, 0) is 30.5 Å². The number of halogens is 1. The number of benzene rings is 1. The number of nitriles is 1. The summed E-state index contributed by atoms with van der Waals surface area (Å²) in [6.45, 7) is 1.98. The normalized spacial score (nSPS) is 11.7. The van der Waals surface area contributed by atoms with Crippen LogP contribution in [0.4, 0.5) is 5.69 Å². The maximum atomic E-state index is 11.7. The molecule has 0 aliphatic heterocycles. The van der Waals surface area contributed by atoms with E-state index in [9.17, 15) is 4.79 Å². The molecule has 2 N–H and O–H groups in total. The van der Waals surface area contributed by atoms with Gasteiger partial charge >= 0.3 is 0 Å². The summed E-state index contributed by atoms with van der Waals surface area (Å²) >= 11 is 5.86. The van der Waals surface area contributed by atoms with Gasteiger partial charge in [-0.1, -0.05) is 18.5 Å². The van der Waals surface area contributed by atoms with E-state index in [0.717, 1.165) is 0 Å². The first kappa shape index (κ1) is 14.5. The van der Waals surface area contributed by atoms with Crippen molar-refractivity contribution in [3.63, 3.8) is 0 Å². The van der Waals surface area contributed by atoms with Gasteiger partial charge in [0.1, 0.15) is 6.07 Å². The molecule has 0 saturated heterocycles. The summed E-state index contributed by atoms with van der Waals surface area (Å²) in [5.41, 5.74) is 0.948. The molecule has 1 rings (SSSR count). The Balaban J connectivity index is 2.60. The number of aliphatic hydroxyl groups excluding tert-OH is 1. The van der Waals surface area contributed by atoms with Crippen LogP contribution in [0.3, 0.4) is 0 Å². The monoisotopic (exact) mass is 266 g/mol. The maximum absolute atomic E-state index is 11.7. The van der Waals surface area contributed by atoms with Crippen molar-refractivity contribution in [2.75, 3.05) is 11.9 Å². The van der Waals surface area contributed by atoms with E-state index in [1.165, 1.54) is 0 Å². The molecule has 0 heterocycles. The molecule has 1 aromatic rings. The average Bonchev–Trinajstić information content (AvgIpc) is 2.29. The van der Waals surface area contributed by atoms with E-state index < -0.39 is 0 Å². The molecule has 0 fully saturated rings. The van der Waals surface area contributed by atoms with E-state index >= 15 is 0 Å². The van der Waals surface area contributed by atoms with Gasteiger partial charge in [-0.15, -0.1) is 0 Å². The number of hydrogen-bond donors (Lipinski definition) is 2. The lowest BCUT2D eigenvalue weighted by Crippen LogP contribution is -2.15. The van der Waals surface area contributed by atoms with Crippen LogP contribution in [-0.2, 0) is 4.79 Å². The van der Waals surface area contributed by atoms with Gasteiger partial charge in [0.2, 0.25) is 5.91 Å². The third-order valence-corrected chi connectivity index (χ3v) is 2.84. The minimum absolute atomic E-state index is 0.0805.